The fraction of sp³-hybridized carbons (Fsp3) is 0. The number of benzene rings is 9. The van der Waals surface area contributed by atoms with E-state index in [0.29, 0.717) is 0 Å². The molecule has 60 heavy (non-hydrogen) atoms. The van der Waals surface area contributed by atoms with Crippen LogP contribution in [0.15, 0.2) is 217 Å². The minimum atomic E-state index is 0.895. The van der Waals surface area contributed by atoms with Crippen LogP contribution in [0.2, 0.25) is 0 Å². The Labute approximate surface area is 345 Å². The Bertz CT molecular complexity index is 3790. The van der Waals surface area contributed by atoms with E-state index in [1.165, 1.54) is 54.7 Å². The van der Waals surface area contributed by atoms with Gasteiger partial charge in [0.15, 0.2) is 5.58 Å². The van der Waals surface area contributed by atoms with E-state index in [-0.39, 0.29) is 0 Å². The molecule has 13 aromatic rings. The molecule has 0 aliphatic rings. The number of rotatable bonds is 5. The lowest BCUT2D eigenvalue weighted by Crippen LogP contribution is -1.99. The summed E-state index contributed by atoms with van der Waals surface area (Å²) in [6.45, 7) is 0. The van der Waals surface area contributed by atoms with Crippen molar-refractivity contribution in [3.8, 4) is 39.3 Å². The quantitative estimate of drug-likeness (QED) is 0.171. The number of hydrogen-bond donors (Lipinski definition) is 0. The van der Waals surface area contributed by atoms with E-state index in [4.69, 9.17) is 4.42 Å². The molecule has 13 rings (SSSR count). The molecular weight excluding hydrogens is 731 g/mol. The van der Waals surface area contributed by atoms with Gasteiger partial charge in [-0.25, -0.2) is 0 Å². The van der Waals surface area contributed by atoms with Crippen LogP contribution in [-0.4, -0.2) is 13.7 Å². The Morgan fingerprint density at radius 3 is 1.53 bits per heavy atom. The van der Waals surface area contributed by atoms with E-state index in [0.717, 1.165) is 61.2 Å². The van der Waals surface area contributed by atoms with Gasteiger partial charge in [-0.2, -0.15) is 0 Å². The third-order valence-electron chi connectivity index (χ3n) is 12.4. The molecule has 0 saturated heterocycles. The van der Waals surface area contributed by atoms with Gasteiger partial charge in [0.25, 0.3) is 0 Å². The molecular formula is C56H35N3O. The van der Waals surface area contributed by atoms with Crippen molar-refractivity contribution < 1.29 is 4.42 Å². The van der Waals surface area contributed by atoms with Crippen molar-refractivity contribution in [1.29, 1.82) is 0 Å². The zero-order valence-corrected chi connectivity index (χ0v) is 32.5. The van der Waals surface area contributed by atoms with Gasteiger partial charge in [-0.3, -0.25) is 0 Å². The third kappa shape index (κ3) is 4.67. The highest BCUT2D eigenvalue weighted by Crippen LogP contribution is 2.47. The Balaban J connectivity index is 1.06. The number of hydrogen-bond acceptors (Lipinski definition) is 1. The summed E-state index contributed by atoms with van der Waals surface area (Å²) in [6.07, 6.45) is 0. The highest BCUT2D eigenvalue weighted by atomic mass is 16.3. The van der Waals surface area contributed by atoms with Crippen LogP contribution in [0.4, 0.5) is 0 Å². The molecule has 0 amide bonds. The first-order chi connectivity index (χ1) is 29.8. The molecule has 0 aliphatic heterocycles. The number of furan rings is 1. The van der Waals surface area contributed by atoms with Crippen LogP contribution in [0.3, 0.4) is 0 Å². The van der Waals surface area contributed by atoms with Gasteiger partial charge in [0.2, 0.25) is 0 Å². The number of aromatic nitrogens is 3. The van der Waals surface area contributed by atoms with Gasteiger partial charge in [-0.15, -0.1) is 0 Å². The van der Waals surface area contributed by atoms with Crippen molar-refractivity contribution in [2.75, 3.05) is 0 Å². The summed E-state index contributed by atoms with van der Waals surface area (Å²) in [7, 11) is 0. The predicted octanol–water partition coefficient (Wildman–Crippen LogP) is 15.1. The molecule has 9 aromatic carbocycles. The molecule has 280 valence electrons. The highest BCUT2D eigenvalue weighted by molar-refractivity contribution is 6.28. The van der Waals surface area contributed by atoms with Gasteiger partial charge < -0.3 is 18.1 Å². The first kappa shape index (κ1) is 32.9. The first-order valence-electron chi connectivity index (χ1n) is 20.5. The monoisotopic (exact) mass is 765 g/mol. The second-order valence-electron chi connectivity index (χ2n) is 15.7. The van der Waals surface area contributed by atoms with Gasteiger partial charge in [-0.05, 0) is 101 Å². The minimum Gasteiger partial charge on any atom is -0.454 e. The minimum absolute atomic E-state index is 0.895. The molecule has 4 heterocycles. The third-order valence-corrected chi connectivity index (χ3v) is 12.4. The molecule has 4 heteroatoms. The Morgan fingerprint density at radius 2 is 0.817 bits per heavy atom. The van der Waals surface area contributed by atoms with E-state index in [2.05, 4.69) is 220 Å². The molecule has 0 atom stereocenters. The summed E-state index contributed by atoms with van der Waals surface area (Å²) >= 11 is 0. The average molecular weight is 766 g/mol. The zero-order valence-electron chi connectivity index (χ0n) is 32.5. The van der Waals surface area contributed by atoms with Crippen LogP contribution in [0.1, 0.15) is 0 Å². The summed E-state index contributed by atoms with van der Waals surface area (Å²) in [5.41, 5.74) is 16.9. The van der Waals surface area contributed by atoms with E-state index in [9.17, 15) is 0 Å². The fourth-order valence-electron chi connectivity index (χ4n) is 9.85. The maximum absolute atomic E-state index is 6.62. The summed E-state index contributed by atoms with van der Waals surface area (Å²) < 4.78 is 13.9. The molecule has 4 nitrogen and oxygen atoms in total. The van der Waals surface area contributed by atoms with Crippen LogP contribution in [0, 0.1) is 0 Å². The molecule has 0 bridgehead atoms. The van der Waals surface area contributed by atoms with Gasteiger partial charge in [-0.1, -0.05) is 133 Å². The first-order valence-corrected chi connectivity index (χ1v) is 20.5. The van der Waals surface area contributed by atoms with Crippen molar-refractivity contribution in [3.05, 3.63) is 212 Å². The summed E-state index contributed by atoms with van der Waals surface area (Å²) in [5, 5.41) is 7.15. The molecule has 0 aliphatic carbocycles. The van der Waals surface area contributed by atoms with Crippen molar-refractivity contribution in [2.24, 2.45) is 0 Å². The van der Waals surface area contributed by atoms with Crippen LogP contribution in [0.5, 0.6) is 0 Å². The molecule has 0 fully saturated rings. The summed E-state index contributed by atoms with van der Waals surface area (Å²) in [5.74, 6) is 0. The van der Waals surface area contributed by atoms with E-state index in [1.54, 1.807) is 0 Å². The van der Waals surface area contributed by atoms with Crippen molar-refractivity contribution in [3.63, 3.8) is 0 Å². The number of para-hydroxylation sites is 5. The van der Waals surface area contributed by atoms with Gasteiger partial charge in [0.05, 0.1) is 27.6 Å². The van der Waals surface area contributed by atoms with Crippen molar-refractivity contribution in [1.82, 2.24) is 13.7 Å². The van der Waals surface area contributed by atoms with E-state index in [1.807, 2.05) is 6.07 Å². The highest BCUT2D eigenvalue weighted by Gasteiger charge is 2.25. The van der Waals surface area contributed by atoms with Gasteiger partial charge >= 0.3 is 0 Å². The SMILES string of the molecule is c1ccc(-c2cc3c4ccccc4n(-c4ccc(-c5ccc6c(c5)c5oc7ccccc7c5n6-c5ccccc5)cc4)c3c3c2c2ccccc2n3-c2ccccc2)cc1. The van der Waals surface area contributed by atoms with Crippen molar-refractivity contribution >= 4 is 76.6 Å². The Morgan fingerprint density at radius 1 is 0.300 bits per heavy atom. The largest absolute Gasteiger partial charge is 0.454 e. The summed E-state index contributed by atoms with van der Waals surface area (Å²) in [6, 6.07) is 76.6. The summed E-state index contributed by atoms with van der Waals surface area (Å²) in [4.78, 5) is 0. The standard InChI is InChI=1S/C56H35N3O/c1-4-16-37(17-5-1)45-35-46-42-22-10-13-25-48(42)57(53(46)55-52(45)43-23-11-14-26-49(43)59(55)40-20-8-3-9-21-40)41-31-28-36(29-32-41)38-30-33-50-47(34-38)56-54(44-24-12-15-27-51(44)60-56)58(50)39-18-6-2-7-19-39/h1-35H. The smallest absolute Gasteiger partial charge is 0.161 e. The maximum Gasteiger partial charge on any atom is 0.161 e. The average Bonchev–Trinajstić information content (AvgIpc) is 4.06. The lowest BCUT2D eigenvalue weighted by atomic mass is 9.96. The molecule has 0 radical (unpaired) electrons. The van der Waals surface area contributed by atoms with Gasteiger partial charge in [0, 0.05) is 49.4 Å². The molecule has 0 N–H and O–H groups in total. The maximum atomic E-state index is 6.62. The molecule has 0 unspecified atom stereocenters. The Kier molecular flexibility index (Phi) is 6.98. The van der Waals surface area contributed by atoms with Crippen LogP contribution in [0.25, 0.3) is 116 Å². The predicted molar refractivity (Wildman–Crippen MR) is 250 cm³/mol. The number of nitrogens with zero attached hydrogens (tertiary/aromatic N) is 3. The lowest BCUT2D eigenvalue weighted by molar-refractivity contribution is 0.673. The second-order valence-corrected chi connectivity index (χ2v) is 15.7. The molecule has 4 aromatic heterocycles. The zero-order chi connectivity index (χ0) is 39.3. The van der Waals surface area contributed by atoms with Crippen LogP contribution >= 0.6 is 0 Å². The fourth-order valence-corrected chi connectivity index (χ4v) is 9.85. The van der Waals surface area contributed by atoms with E-state index < -0.39 is 0 Å². The molecule has 0 saturated carbocycles. The normalized spacial score (nSPS) is 12.0. The lowest BCUT2D eigenvalue weighted by Gasteiger charge is -2.14. The topological polar surface area (TPSA) is 27.9 Å². The second kappa shape index (κ2) is 12.7. The van der Waals surface area contributed by atoms with Crippen molar-refractivity contribution in [2.45, 2.75) is 0 Å². The van der Waals surface area contributed by atoms with Crippen LogP contribution in [-0.2, 0) is 0 Å². The molecule has 0 spiro atoms. The van der Waals surface area contributed by atoms with Gasteiger partial charge in [0.1, 0.15) is 11.1 Å². The van der Waals surface area contributed by atoms with E-state index >= 15 is 0 Å². The Hall–Kier alpha value is -8.08. The number of fused-ring (bicyclic) bond motifs is 12. The van der Waals surface area contributed by atoms with Crippen LogP contribution < -0.4 is 0 Å².